The van der Waals surface area contributed by atoms with Gasteiger partial charge in [0, 0.05) is 45.7 Å². The maximum atomic E-state index is 13.2. The van der Waals surface area contributed by atoms with E-state index in [9.17, 15) is 14.0 Å². The largest absolute Gasteiger partial charge is 0.379 e. The summed E-state index contributed by atoms with van der Waals surface area (Å²) in [6, 6.07) is 6.43. The Hall–Kier alpha value is -1.99. The van der Waals surface area contributed by atoms with Crippen molar-refractivity contribution in [2.45, 2.75) is 25.7 Å². The topological polar surface area (TPSA) is 61.9 Å². The predicted octanol–water partition coefficient (Wildman–Crippen LogP) is 1.45. The number of likely N-dealkylation sites (tertiary alicyclic amines) is 1. The fourth-order valence-electron chi connectivity index (χ4n) is 3.82. The van der Waals surface area contributed by atoms with Gasteiger partial charge in [0.05, 0.1) is 19.1 Å². The van der Waals surface area contributed by atoms with Gasteiger partial charge in [0.1, 0.15) is 5.82 Å². The second-order valence-corrected chi connectivity index (χ2v) is 7.55. The Morgan fingerprint density at radius 1 is 1.25 bits per heavy atom. The maximum Gasteiger partial charge on any atom is 0.224 e. The average molecular weight is 391 g/mol. The standard InChI is InChI=1S/C21H30FN3O3/c22-19-4-1-3-17(15-19)7-8-23-21(27)18-5-6-20(26)25(16-18)10-2-9-24-11-13-28-14-12-24/h1,3-4,15,18H,2,5-14,16H2,(H,23,27). The molecule has 6 nitrogen and oxygen atoms in total. The van der Waals surface area contributed by atoms with Crippen molar-refractivity contribution >= 4 is 11.8 Å². The van der Waals surface area contributed by atoms with Crippen LogP contribution in [0.2, 0.25) is 0 Å². The van der Waals surface area contributed by atoms with Gasteiger partial charge in [-0.3, -0.25) is 14.5 Å². The molecule has 7 heteroatoms. The van der Waals surface area contributed by atoms with Crippen molar-refractivity contribution in [2.75, 3.05) is 52.5 Å². The van der Waals surface area contributed by atoms with Gasteiger partial charge in [-0.05, 0) is 37.0 Å². The molecule has 2 saturated heterocycles. The van der Waals surface area contributed by atoms with Gasteiger partial charge in [0.15, 0.2) is 0 Å². The van der Waals surface area contributed by atoms with Crippen LogP contribution in [0.5, 0.6) is 0 Å². The molecular weight excluding hydrogens is 361 g/mol. The van der Waals surface area contributed by atoms with Gasteiger partial charge >= 0.3 is 0 Å². The highest BCUT2D eigenvalue weighted by Crippen LogP contribution is 2.18. The molecule has 0 aromatic heterocycles. The monoisotopic (exact) mass is 391 g/mol. The third-order valence-corrected chi connectivity index (χ3v) is 5.48. The number of hydrogen-bond acceptors (Lipinski definition) is 4. The number of carbonyl (C=O) groups excluding carboxylic acids is 2. The number of hydrogen-bond donors (Lipinski definition) is 1. The van der Waals surface area contributed by atoms with Crippen molar-refractivity contribution in [1.29, 1.82) is 0 Å². The Morgan fingerprint density at radius 2 is 2.07 bits per heavy atom. The highest BCUT2D eigenvalue weighted by Gasteiger charge is 2.29. The quantitative estimate of drug-likeness (QED) is 0.729. The maximum absolute atomic E-state index is 13.2. The van der Waals surface area contributed by atoms with Crippen LogP contribution in [-0.2, 0) is 20.7 Å². The highest BCUT2D eigenvalue weighted by molar-refractivity contribution is 5.83. The Bertz CT molecular complexity index is 664. The lowest BCUT2D eigenvalue weighted by Gasteiger charge is -2.33. The number of carbonyl (C=O) groups is 2. The minimum Gasteiger partial charge on any atom is -0.379 e. The van der Waals surface area contributed by atoms with E-state index in [1.165, 1.54) is 12.1 Å². The zero-order valence-corrected chi connectivity index (χ0v) is 16.4. The summed E-state index contributed by atoms with van der Waals surface area (Å²) < 4.78 is 18.6. The van der Waals surface area contributed by atoms with Gasteiger partial charge in [-0.25, -0.2) is 4.39 Å². The minimum absolute atomic E-state index is 0.0120. The predicted molar refractivity (Wildman–Crippen MR) is 104 cm³/mol. The third kappa shape index (κ3) is 6.27. The van der Waals surface area contributed by atoms with E-state index in [1.807, 2.05) is 11.0 Å². The number of amides is 2. The highest BCUT2D eigenvalue weighted by atomic mass is 19.1. The molecule has 0 spiro atoms. The number of benzene rings is 1. The second kappa shape index (κ2) is 10.5. The number of nitrogens with zero attached hydrogens (tertiary/aromatic N) is 2. The molecule has 2 aliphatic heterocycles. The van der Waals surface area contributed by atoms with Crippen molar-refractivity contribution in [3.63, 3.8) is 0 Å². The van der Waals surface area contributed by atoms with Crippen molar-refractivity contribution in [1.82, 2.24) is 15.1 Å². The first-order chi connectivity index (χ1) is 13.6. The van der Waals surface area contributed by atoms with Crippen LogP contribution >= 0.6 is 0 Å². The van der Waals surface area contributed by atoms with E-state index in [0.29, 0.717) is 38.9 Å². The molecule has 0 bridgehead atoms. The molecule has 2 aliphatic rings. The molecule has 1 N–H and O–H groups in total. The summed E-state index contributed by atoms with van der Waals surface area (Å²) in [6.45, 7) is 6.08. The number of rotatable bonds is 8. The van der Waals surface area contributed by atoms with Crippen LogP contribution < -0.4 is 5.32 Å². The van der Waals surface area contributed by atoms with Crippen LogP contribution in [0.15, 0.2) is 24.3 Å². The molecule has 3 rings (SSSR count). The molecule has 1 atom stereocenters. The summed E-state index contributed by atoms with van der Waals surface area (Å²) in [6.07, 6.45) is 2.54. The summed E-state index contributed by atoms with van der Waals surface area (Å²) in [5.74, 6) is -0.288. The molecule has 2 amide bonds. The summed E-state index contributed by atoms with van der Waals surface area (Å²) >= 11 is 0. The number of halogens is 1. The molecular formula is C21H30FN3O3. The van der Waals surface area contributed by atoms with E-state index < -0.39 is 0 Å². The zero-order valence-electron chi connectivity index (χ0n) is 16.4. The smallest absolute Gasteiger partial charge is 0.224 e. The van der Waals surface area contributed by atoms with Gasteiger partial charge in [-0.2, -0.15) is 0 Å². The van der Waals surface area contributed by atoms with E-state index in [4.69, 9.17) is 4.74 Å². The van der Waals surface area contributed by atoms with E-state index in [0.717, 1.165) is 44.8 Å². The first-order valence-electron chi connectivity index (χ1n) is 10.2. The lowest BCUT2D eigenvalue weighted by Crippen LogP contribution is -2.47. The summed E-state index contributed by atoms with van der Waals surface area (Å²) in [5, 5.41) is 2.94. The molecule has 2 fully saturated rings. The molecule has 154 valence electrons. The number of nitrogens with one attached hydrogen (secondary N) is 1. The fraction of sp³-hybridized carbons (Fsp3) is 0.619. The molecule has 0 radical (unpaired) electrons. The number of ether oxygens (including phenoxy) is 1. The van der Waals surface area contributed by atoms with Crippen molar-refractivity contribution in [3.8, 4) is 0 Å². The van der Waals surface area contributed by atoms with Gasteiger partial charge in [0.2, 0.25) is 11.8 Å². The van der Waals surface area contributed by atoms with E-state index >= 15 is 0 Å². The minimum atomic E-state index is -0.262. The van der Waals surface area contributed by atoms with E-state index in [2.05, 4.69) is 10.2 Å². The van der Waals surface area contributed by atoms with Crippen molar-refractivity contribution in [2.24, 2.45) is 5.92 Å². The van der Waals surface area contributed by atoms with E-state index in [1.54, 1.807) is 6.07 Å². The van der Waals surface area contributed by atoms with Crippen molar-refractivity contribution in [3.05, 3.63) is 35.6 Å². The molecule has 2 heterocycles. The van der Waals surface area contributed by atoms with Crippen LogP contribution in [0, 0.1) is 11.7 Å². The second-order valence-electron chi connectivity index (χ2n) is 7.55. The van der Waals surface area contributed by atoms with Crippen LogP contribution in [0.3, 0.4) is 0 Å². The first kappa shape index (κ1) is 20.7. The Morgan fingerprint density at radius 3 is 2.86 bits per heavy atom. The average Bonchev–Trinajstić information content (AvgIpc) is 2.70. The van der Waals surface area contributed by atoms with Gasteiger partial charge in [0.25, 0.3) is 0 Å². The Kier molecular flexibility index (Phi) is 7.80. The third-order valence-electron chi connectivity index (χ3n) is 5.48. The molecule has 1 aromatic carbocycles. The lowest BCUT2D eigenvalue weighted by molar-refractivity contribution is -0.138. The summed E-state index contributed by atoms with van der Waals surface area (Å²) in [7, 11) is 0. The SMILES string of the molecule is O=C(NCCc1cccc(F)c1)C1CCC(=O)N(CCCN2CCOCC2)C1. The summed E-state index contributed by atoms with van der Waals surface area (Å²) in [5.41, 5.74) is 0.865. The van der Waals surface area contributed by atoms with E-state index in [-0.39, 0.29) is 23.5 Å². The fourth-order valence-corrected chi connectivity index (χ4v) is 3.82. The number of piperidine rings is 1. The molecule has 28 heavy (non-hydrogen) atoms. The van der Waals surface area contributed by atoms with Crippen molar-refractivity contribution < 1.29 is 18.7 Å². The molecule has 1 aromatic rings. The van der Waals surface area contributed by atoms with Crippen LogP contribution in [-0.4, -0.2) is 74.1 Å². The van der Waals surface area contributed by atoms with Gasteiger partial charge in [-0.1, -0.05) is 12.1 Å². The Labute approximate surface area is 166 Å². The van der Waals surface area contributed by atoms with Crippen LogP contribution in [0.25, 0.3) is 0 Å². The molecule has 0 aliphatic carbocycles. The lowest BCUT2D eigenvalue weighted by atomic mass is 9.96. The zero-order chi connectivity index (χ0) is 19.8. The molecule has 1 unspecified atom stereocenters. The van der Waals surface area contributed by atoms with Crippen LogP contribution in [0.1, 0.15) is 24.8 Å². The Balaban J connectivity index is 1.38. The molecule has 0 saturated carbocycles. The normalized spacial score (nSPS) is 21.0. The summed E-state index contributed by atoms with van der Waals surface area (Å²) in [4.78, 5) is 28.9. The van der Waals surface area contributed by atoms with Gasteiger partial charge < -0.3 is 15.0 Å². The first-order valence-corrected chi connectivity index (χ1v) is 10.2. The van der Waals surface area contributed by atoms with Crippen LogP contribution in [0.4, 0.5) is 4.39 Å². The van der Waals surface area contributed by atoms with Gasteiger partial charge in [-0.15, -0.1) is 0 Å². The number of morpholine rings is 1.